The number of nitrogens with one attached hydrogen (secondary N) is 2. The molecular weight excluding hydrogens is 584 g/mol. The van der Waals surface area contributed by atoms with Crippen molar-refractivity contribution in [1.29, 1.82) is 5.26 Å². The summed E-state index contributed by atoms with van der Waals surface area (Å²) < 4.78 is 4.01. The topological polar surface area (TPSA) is 130 Å². The number of fused-ring (bicyclic) bond motifs is 2. The van der Waals surface area contributed by atoms with E-state index in [1.807, 2.05) is 89.6 Å². The maximum atomic E-state index is 13.0. The molecule has 7 aromatic rings. The van der Waals surface area contributed by atoms with Gasteiger partial charge in [-0.2, -0.15) is 5.26 Å². The molecule has 0 amide bonds. The molecule has 0 atom stereocenters. The summed E-state index contributed by atoms with van der Waals surface area (Å²) in [7, 11) is 0. The predicted octanol–water partition coefficient (Wildman–Crippen LogP) is 6.60. The van der Waals surface area contributed by atoms with Gasteiger partial charge in [0.15, 0.2) is 5.65 Å². The zero-order valence-corrected chi connectivity index (χ0v) is 25.2. The number of H-pyrrole nitrogens is 1. The van der Waals surface area contributed by atoms with Crippen molar-refractivity contribution < 1.29 is 0 Å². The Bertz CT molecular complexity index is 2410. The van der Waals surface area contributed by atoms with Gasteiger partial charge < -0.3 is 25.2 Å². The molecule has 0 spiro atoms. The van der Waals surface area contributed by atoms with Gasteiger partial charge >= 0.3 is 0 Å². The Labute approximate surface area is 269 Å². The summed E-state index contributed by atoms with van der Waals surface area (Å²) in [6.45, 7) is 1.09. The first-order valence-electron chi connectivity index (χ1n) is 15.2. The van der Waals surface area contributed by atoms with Crippen molar-refractivity contribution in [2.24, 2.45) is 10.7 Å². The molecular formula is C38H28N8O. The summed E-state index contributed by atoms with van der Waals surface area (Å²) in [6.07, 6.45) is 7.18. The highest BCUT2D eigenvalue weighted by Gasteiger charge is 2.21. The van der Waals surface area contributed by atoms with Crippen LogP contribution >= 0.6 is 0 Å². The maximum absolute atomic E-state index is 13.0. The maximum Gasteiger partial charge on any atom is 0.260 e. The van der Waals surface area contributed by atoms with Crippen LogP contribution in [0.2, 0.25) is 0 Å². The number of nitrogens with two attached hydrogens (primary N) is 1. The Hall–Kier alpha value is -6.50. The van der Waals surface area contributed by atoms with Crippen LogP contribution in [-0.2, 0) is 13.1 Å². The zero-order chi connectivity index (χ0) is 31.9. The SMILES string of the molecule is N#Cc1cc(-c2cn(-c3ccccc3)c3c2CNC=N3)ccc1-c1ccc(-n2cc(-c3ccc(CN)cc3)c3c(=O)[nH]cnc32)cc1. The van der Waals surface area contributed by atoms with Crippen LogP contribution in [-0.4, -0.2) is 25.4 Å². The van der Waals surface area contributed by atoms with E-state index in [0.29, 0.717) is 29.7 Å². The van der Waals surface area contributed by atoms with Crippen molar-refractivity contribution in [3.63, 3.8) is 0 Å². The Kier molecular flexibility index (Phi) is 6.82. The van der Waals surface area contributed by atoms with E-state index < -0.39 is 0 Å². The van der Waals surface area contributed by atoms with Gasteiger partial charge in [0.05, 0.1) is 29.7 Å². The number of nitriles is 1. The van der Waals surface area contributed by atoms with Crippen LogP contribution in [0, 0.1) is 11.3 Å². The van der Waals surface area contributed by atoms with E-state index in [2.05, 4.69) is 55.3 Å². The molecule has 1 aliphatic heterocycles. The van der Waals surface area contributed by atoms with Crippen molar-refractivity contribution in [2.75, 3.05) is 0 Å². The van der Waals surface area contributed by atoms with E-state index in [4.69, 9.17) is 5.73 Å². The number of rotatable bonds is 6. The van der Waals surface area contributed by atoms with Crippen molar-refractivity contribution in [1.82, 2.24) is 24.4 Å². The number of para-hydroxylation sites is 1. The zero-order valence-electron chi connectivity index (χ0n) is 25.2. The van der Waals surface area contributed by atoms with Crippen LogP contribution in [0.15, 0.2) is 126 Å². The van der Waals surface area contributed by atoms with Gasteiger partial charge in [-0.15, -0.1) is 0 Å². The molecule has 9 heteroatoms. The molecule has 0 bridgehead atoms. The summed E-state index contributed by atoms with van der Waals surface area (Å²) in [5.41, 5.74) is 16.1. The van der Waals surface area contributed by atoms with E-state index >= 15 is 0 Å². The van der Waals surface area contributed by atoms with E-state index in [-0.39, 0.29) is 5.56 Å². The smallest absolute Gasteiger partial charge is 0.260 e. The minimum absolute atomic E-state index is 0.204. The minimum atomic E-state index is -0.204. The number of benzene rings is 4. The standard InChI is InChI=1S/C38H28N8O/c39-17-24-6-8-26(9-7-24)34-21-46(37-35(34)38(47)44-23-43-37)30-13-10-25(11-14-30)31-15-12-27(16-28(31)18-40)33-20-45(29-4-2-1-3-5-29)36-32(33)19-41-22-42-36/h1-16,20-23H,17,19,39H2,(H,41,42)(H,43,44,47). The second-order valence-electron chi connectivity index (χ2n) is 11.4. The number of hydrogen-bond acceptors (Lipinski definition) is 6. The van der Waals surface area contributed by atoms with Crippen molar-refractivity contribution in [3.05, 3.63) is 143 Å². The van der Waals surface area contributed by atoms with Crippen LogP contribution in [0.25, 0.3) is 55.8 Å². The Balaban J connectivity index is 1.16. The molecule has 3 aromatic heterocycles. The highest BCUT2D eigenvalue weighted by Crippen LogP contribution is 2.38. The summed E-state index contributed by atoms with van der Waals surface area (Å²) in [5.74, 6) is 0.882. The molecule has 4 heterocycles. The summed E-state index contributed by atoms with van der Waals surface area (Å²) in [5, 5.41) is 14.0. The Morgan fingerprint density at radius 1 is 0.809 bits per heavy atom. The Morgan fingerprint density at radius 2 is 1.51 bits per heavy atom. The molecule has 0 fully saturated rings. The van der Waals surface area contributed by atoms with E-state index in [1.165, 1.54) is 6.33 Å². The second-order valence-corrected chi connectivity index (χ2v) is 11.4. The fourth-order valence-corrected chi connectivity index (χ4v) is 6.30. The third kappa shape index (κ3) is 4.81. The third-order valence-electron chi connectivity index (χ3n) is 8.67. The van der Waals surface area contributed by atoms with Gasteiger partial charge in [-0.3, -0.25) is 4.79 Å². The van der Waals surface area contributed by atoms with E-state index in [1.54, 1.807) is 6.34 Å². The van der Waals surface area contributed by atoms with Crippen LogP contribution in [0.3, 0.4) is 0 Å². The van der Waals surface area contributed by atoms with Gasteiger partial charge in [0.1, 0.15) is 5.82 Å². The largest absolute Gasteiger partial charge is 0.372 e. The minimum Gasteiger partial charge on any atom is -0.372 e. The van der Waals surface area contributed by atoms with Gasteiger partial charge in [0.2, 0.25) is 0 Å². The normalized spacial score (nSPS) is 12.1. The monoisotopic (exact) mass is 612 g/mol. The van der Waals surface area contributed by atoms with Crippen LogP contribution in [0.4, 0.5) is 5.82 Å². The van der Waals surface area contributed by atoms with E-state index in [9.17, 15) is 10.1 Å². The lowest BCUT2D eigenvalue weighted by Crippen LogP contribution is -2.14. The highest BCUT2D eigenvalue weighted by molar-refractivity contribution is 5.94. The molecule has 9 nitrogen and oxygen atoms in total. The van der Waals surface area contributed by atoms with Crippen LogP contribution in [0.5, 0.6) is 0 Å². The predicted molar refractivity (Wildman–Crippen MR) is 185 cm³/mol. The number of aliphatic imine (C=N–C) groups is 1. The van der Waals surface area contributed by atoms with Crippen LogP contribution < -0.4 is 16.6 Å². The number of nitrogens with zero attached hydrogens (tertiary/aromatic N) is 5. The van der Waals surface area contributed by atoms with Gasteiger partial charge in [-0.25, -0.2) is 9.98 Å². The lowest BCUT2D eigenvalue weighted by atomic mass is 9.95. The molecule has 0 saturated carbocycles. The number of aromatic nitrogens is 4. The fourth-order valence-electron chi connectivity index (χ4n) is 6.30. The molecule has 0 radical (unpaired) electrons. The molecule has 1 aliphatic rings. The van der Waals surface area contributed by atoms with Crippen molar-refractivity contribution >= 4 is 23.2 Å². The summed E-state index contributed by atoms with van der Waals surface area (Å²) in [4.78, 5) is 24.8. The van der Waals surface area contributed by atoms with Crippen molar-refractivity contribution in [3.8, 4) is 50.8 Å². The van der Waals surface area contributed by atoms with Gasteiger partial charge in [-0.05, 0) is 58.1 Å². The summed E-state index contributed by atoms with van der Waals surface area (Å²) in [6, 6.07) is 34.4. The molecule has 4 aromatic carbocycles. The molecule has 226 valence electrons. The molecule has 0 saturated heterocycles. The van der Waals surface area contributed by atoms with E-state index in [0.717, 1.165) is 61.7 Å². The first-order valence-corrected chi connectivity index (χ1v) is 15.2. The van der Waals surface area contributed by atoms with Gasteiger partial charge in [0, 0.05) is 53.5 Å². The Morgan fingerprint density at radius 3 is 2.28 bits per heavy atom. The lowest BCUT2D eigenvalue weighted by molar-refractivity contribution is 0.902. The molecule has 4 N–H and O–H groups in total. The lowest BCUT2D eigenvalue weighted by Gasteiger charge is -2.12. The third-order valence-corrected chi connectivity index (χ3v) is 8.67. The van der Waals surface area contributed by atoms with Gasteiger partial charge in [0.25, 0.3) is 5.56 Å². The highest BCUT2D eigenvalue weighted by atomic mass is 16.1. The second kappa shape index (κ2) is 11.5. The quantitative estimate of drug-likeness (QED) is 0.195. The average Bonchev–Trinajstić information content (AvgIpc) is 3.72. The van der Waals surface area contributed by atoms with Crippen LogP contribution in [0.1, 0.15) is 16.7 Å². The number of aromatic amines is 1. The molecule has 0 unspecified atom stereocenters. The molecule has 0 aliphatic carbocycles. The summed E-state index contributed by atoms with van der Waals surface area (Å²) >= 11 is 0. The molecule has 47 heavy (non-hydrogen) atoms. The fraction of sp³-hybridized carbons (Fsp3) is 0.0526. The average molecular weight is 613 g/mol. The first-order chi connectivity index (χ1) is 23.1. The van der Waals surface area contributed by atoms with Gasteiger partial charge in [-0.1, -0.05) is 66.7 Å². The molecule has 8 rings (SSSR count). The first kappa shape index (κ1) is 28.0. The van der Waals surface area contributed by atoms with Crippen molar-refractivity contribution in [2.45, 2.75) is 13.1 Å². The number of hydrogen-bond donors (Lipinski definition) is 3.